The molecule has 18 heavy (non-hydrogen) atoms. The van der Waals surface area contributed by atoms with Gasteiger partial charge in [0.25, 0.3) is 0 Å². The summed E-state index contributed by atoms with van der Waals surface area (Å²) in [6.07, 6.45) is 1.06. The lowest BCUT2D eigenvalue weighted by Gasteiger charge is -2.25. The highest BCUT2D eigenvalue weighted by atomic mass is 32.1. The van der Waals surface area contributed by atoms with Crippen molar-refractivity contribution >= 4 is 30.5 Å². The molecule has 0 aliphatic carbocycles. The molecule has 7 heteroatoms. The van der Waals surface area contributed by atoms with Gasteiger partial charge in [0.2, 0.25) is 5.91 Å². The van der Waals surface area contributed by atoms with E-state index in [0.29, 0.717) is 19.4 Å². The first-order valence-corrected chi connectivity index (χ1v) is 6.35. The number of carboxylic acids is 1. The van der Waals surface area contributed by atoms with Crippen molar-refractivity contribution in [1.29, 1.82) is 0 Å². The van der Waals surface area contributed by atoms with Gasteiger partial charge < -0.3 is 14.7 Å². The molecular weight excluding hydrogens is 258 g/mol. The Balaban J connectivity index is 2.71. The molecule has 6 nitrogen and oxygen atoms in total. The molecule has 1 aliphatic rings. The number of esters is 1. The number of carboxylic acid groups (broad SMARTS) is 1. The van der Waals surface area contributed by atoms with Crippen molar-refractivity contribution in [3.63, 3.8) is 0 Å². The predicted octanol–water partition coefficient (Wildman–Crippen LogP) is 0.171. The average Bonchev–Trinajstić information content (AvgIpc) is 2.83. The number of amides is 1. The Morgan fingerprint density at radius 3 is 2.67 bits per heavy atom. The smallest absolute Gasteiger partial charge is 0.326 e. The summed E-state index contributed by atoms with van der Waals surface area (Å²) in [6, 6.07) is -0.780. The molecule has 0 spiro atoms. The van der Waals surface area contributed by atoms with Gasteiger partial charge >= 0.3 is 11.9 Å². The molecule has 102 valence electrons. The normalized spacial score (nSPS) is 20.6. The summed E-state index contributed by atoms with van der Waals surface area (Å²) in [7, 11) is 1.25. The maximum atomic E-state index is 12.1. The SMILES string of the molecule is COC(=O)CC(CS)C(=O)N1CCC[C@H]1C(=O)O. The number of thiol groups is 1. The molecule has 1 unspecified atom stereocenters. The van der Waals surface area contributed by atoms with Gasteiger partial charge in [-0.3, -0.25) is 9.59 Å². The predicted molar refractivity (Wildman–Crippen MR) is 66.3 cm³/mol. The van der Waals surface area contributed by atoms with Crippen LogP contribution in [0.15, 0.2) is 0 Å². The third-order valence-corrected chi connectivity index (χ3v) is 3.47. The van der Waals surface area contributed by atoms with Crippen molar-refractivity contribution in [3.8, 4) is 0 Å². The van der Waals surface area contributed by atoms with Gasteiger partial charge in [-0.15, -0.1) is 0 Å². The molecule has 0 saturated carbocycles. The Hall–Kier alpha value is -1.24. The third-order valence-electron chi connectivity index (χ3n) is 3.03. The van der Waals surface area contributed by atoms with Gasteiger partial charge in [0.05, 0.1) is 19.4 Å². The Labute approximate surface area is 111 Å². The first-order chi connectivity index (χ1) is 8.51. The average molecular weight is 275 g/mol. The van der Waals surface area contributed by atoms with Crippen molar-refractivity contribution in [2.24, 2.45) is 5.92 Å². The molecule has 0 aromatic heterocycles. The van der Waals surface area contributed by atoms with E-state index < -0.39 is 23.9 Å². The van der Waals surface area contributed by atoms with Crippen LogP contribution in [0.5, 0.6) is 0 Å². The lowest BCUT2D eigenvalue weighted by Crippen LogP contribution is -2.44. The second-order valence-corrected chi connectivity index (χ2v) is 4.55. The fraction of sp³-hybridized carbons (Fsp3) is 0.727. The molecule has 1 fully saturated rings. The molecule has 0 aromatic rings. The van der Waals surface area contributed by atoms with Crippen molar-refractivity contribution in [3.05, 3.63) is 0 Å². The van der Waals surface area contributed by atoms with Crippen molar-refractivity contribution in [2.75, 3.05) is 19.4 Å². The van der Waals surface area contributed by atoms with Gasteiger partial charge in [-0.1, -0.05) is 0 Å². The fourth-order valence-electron chi connectivity index (χ4n) is 2.04. The second-order valence-electron chi connectivity index (χ2n) is 4.19. The third kappa shape index (κ3) is 3.38. The minimum Gasteiger partial charge on any atom is -0.480 e. The zero-order valence-electron chi connectivity index (χ0n) is 10.2. The topological polar surface area (TPSA) is 83.9 Å². The quantitative estimate of drug-likeness (QED) is 0.552. The number of ether oxygens (including phenoxy) is 1. The number of rotatable bonds is 5. The van der Waals surface area contributed by atoms with E-state index in [9.17, 15) is 14.4 Å². The highest BCUT2D eigenvalue weighted by Gasteiger charge is 2.37. The van der Waals surface area contributed by atoms with Crippen LogP contribution in [0.3, 0.4) is 0 Å². The molecule has 1 heterocycles. The van der Waals surface area contributed by atoms with Gasteiger partial charge in [-0.2, -0.15) is 12.6 Å². The molecule has 1 aliphatic heterocycles. The lowest BCUT2D eigenvalue weighted by atomic mass is 10.1. The van der Waals surface area contributed by atoms with Crippen LogP contribution < -0.4 is 0 Å². The monoisotopic (exact) mass is 275 g/mol. The van der Waals surface area contributed by atoms with E-state index in [0.717, 1.165) is 0 Å². The summed E-state index contributed by atoms with van der Waals surface area (Å²) in [5.41, 5.74) is 0. The maximum Gasteiger partial charge on any atom is 0.326 e. The summed E-state index contributed by atoms with van der Waals surface area (Å²) >= 11 is 4.04. The summed E-state index contributed by atoms with van der Waals surface area (Å²) in [4.78, 5) is 35.6. The van der Waals surface area contributed by atoms with Crippen LogP contribution in [-0.4, -0.2) is 53.3 Å². The number of aliphatic carboxylic acids is 1. The number of hydrogen-bond donors (Lipinski definition) is 2. The van der Waals surface area contributed by atoms with Crippen LogP contribution in [0.1, 0.15) is 19.3 Å². The van der Waals surface area contributed by atoms with Gasteiger partial charge in [0.1, 0.15) is 6.04 Å². The molecule has 2 atom stereocenters. The van der Waals surface area contributed by atoms with Gasteiger partial charge in [-0.25, -0.2) is 4.79 Å². The van der Waals surface area contributed by atoms with Crippen molar-refractivity contribution < 1.29 is 24.2 Å². The van der Waals surface area contributed by atoms with Crippen LogP contribution in [-0.2, 0) is 19.1 Å². The fourth-order valence-corrected chi connectivity index (χ4v) is 2.32. The summed E-state index contributed by atoms with van der Waals surface area (Å²) < 4.78 is 4.51. The minimum atomic E-state index is -1.00. The highest BCUT2D eigenvalue weighted by Crippen LogP contribution is 2.22. The molecule has 0 bridgehead atoms. The highest BCUT2D eigenvalue weighted by molar-refractivity contribution is 7.80. The lowest BCUT2D eigenvalue weighted by molar-refractivity contribution is -0.151. The zero-order valence-corrected chi connectivity index (χ0v) is 11.1. The Bertz CT molecular complexity index is 346. The Morgan fingerprint density at radius 1 is 1.50 bits per heavy atom. The van der Waals surface area contributed by atoms with Crippen molar-refractivity contribution in [1.82, 2.24) is 4.90 Å². The van der Waals surface area contributed by atoms with E-state index in [1.165, 1.54) is 12.0 Å². The molecule has 0 radical (unpaired) electrons. The Morgan fingerprint density at radius 2 is 2.17 bits per heavy atom. The Kier molecular flexibility index (Phi) is 5.46. The van der Waals surface area contributed by atoms with E-state index in [2.05, 4.69) is 17.4 Å². The molecule has 1 rings (SSSR count). The van der Waals surface area contributed by atoms with Crippen LogP contribution in [0.4, 0.5) is 0 Å². The second kappa shape index (κ2) is 6.63. The molecule has 1 amide bonds. The van der Waals surface area contributed by atoms with Crippen LogP contribution >= 0.6 is 12.6 Å². The van der Waals surface area contributed by atoms with Crippen molar-refractivity contribution in [2.45, 2.75) is 25.3 Å². The minimum absolute atomic E-state index is 0.0678. The van der Waals surface area contributed by atoms with Crippen LogP contribution in [0.25, 0.3) is 0 Å². The molecule has 1 N–H and O–H groups in total. The van der Waals surface area contributed by atoms with Gasteiger partial charge in [0.15, 0.2) is 0 Å². The summed E-state index contributed by atoms with van der Waals surface area (Å²) in [6.45, 7) is 0.418. The molecular formula is C11H17NO5S. The van der Waals surface area contributed by atoms with Gasteiger partial charge in [-0.05, 0) is 12.8 Å². The standard InChI is InChI=1S/C11H17NO5S/c1-17-9(13)5-7(6-18)10(14)12-4-2-3-8(12)11(15)16/h7-8,18H,2-6H2,1H3,(H,15,16)/t7?,8-/m0/s1. The van der Waals surface area contributed by atoms with E-state index >= 15 is 0 Å². The largest absolute Gasteiger partial charge is 0.480 e. The van der Waals surface area contributed by atoms with Crippen LogP contribution in [0, 0.1) is 5.92 Å². The van der Waals surface area contributed by atoms with E-state index in [1.807, 2.05) is 0 Å². The molecule has 1 saturated heterocycles. The summed E-state index contributed by atoms with van der Waals surface area (Å²) in [5, 5.41) is 9.01. The number of hydrogen-bond acceptors (Lipinski definition) is 5. The number of likely N-dealkylation sites (tertiary alicyclic amines) is 1. The summed E-state index contributed by atoms with van der Waals surface area (Å²) in [5.74, 6) is -2.26. The maximum absolute atomic E-state index is 12.1. The van der Waals surface area contributed by atoms with Crippen LogP contribution in [0.2, 0.25) is 0 Å². The molecule has 0 aromatic carbocycles. The van der Waals surface area contributed by atoms with Gasteiger partial charge in [0, 0.05) is 12.3 Å². The first kappa shape index (κ1) is 14.8. The van der Waals surface area contributed by atoms with E-state index in [-0.39, 0.29) is 18.1 Å². The zero-order chi connectivity index (χ0) is 13.7. The number of nitrogens with zero attached hydrogens (tertiary/aromatic N) is 1. The number of carbonyl (C=O) groups is 3. The number of methoxy groups -OCH3 is 1. The van der Waals surface area contributed by atoms with E-state index in [1.54, 1.807) is 0 Å². The first-order valence-electron chi connectivity index (χ1n) is 5.72. The van der Waals surface area contributed by atoms with E-state index in [4.69, 9.17) is 5.11 Å². The number of carbonyl (C=O) groups excluding carboxylic acids is 2.